The summed E-state index contributed by atoms with van der Waals surface area (Å²) in [7, 11) is 0. The summed E-state index contributed by atoms with van der Waals surface area (Å²) in [5.74, 6) is -0.694. The molecule has 0 aromatic carbocycles. The van der Waals surface area contributed by atoms with Crippen LogP contribution >= 0.6 is 0 Å². The summed E-state index contributed by atoms with van der Waals surface area (Å²) in [6.45, 7) is 8.46. The molecule has 0 aromatic heterocycles. The second kappa shape index (κ2) is 23.6. The highest BCUT2D eigenvalue weighted by Gasteiger charge is 2.19. The summed E-state index contributed by atoms with van der Waals surface area (Å²) in [5, 5.41) is 18.2. The van der Waals surface area contributed by atoms with E-state index in [1.54, 1.807) is 0 Å². The van der Waals surface area contributed by atoms with Crippen LogP contribution in [0.15, 0.2) is 0 Å². The first-order chi connectivity index (χ1) is 16.5. The van der Waals surface area contributed by atoms with Crippen molar-refractivity contribution < 1.29 is 29.3 Å². The minimum absolute atomic E-state index is 0.103. The van der Waals surface area contributed by atoms with Gasteiger partial charge in [-0.3, -0.25) is 9.59 Å². The van der Waals surface area contributed by atoms with Crippen LogP contribution in [0.4, 0.5) is 0 Å². The van der Waals surface area contributed by atoms with Gasteiger partial charge >= 0.3 is 11.9 Å². The number of esters is 2. The van der Waals surface area contributed by atoms with E-state index in [9.17, 15) is 9.59 Å². The average Bonchev–Trinajstić information content (AvgIpc) is 2.84. The van der Waals surface area contributed by atoms with Gasteiger partial charge in [-0.05, 0) is 45.3 Å². The highest BCUT2D eigenvalue weighted by Crippen LogP contribution is 2.17. The molecule has 1 unspecified atom stereocenters. The van der Waals surface area contributed by atoms with Crippen LogP contribution in [0.2, 0.25) is 0 Å². The van der Waals surface area contributed by atoms with Crippen LogP contribution in [0.5, 0.6) is 0 Å². The number of aliphatic hydroxyl groups excluding tert-OH is 2. The number of nitrogens with zero attached hydrogens (tertiary/aromatic N) is 1. The van der Waals surface area contributed by atoms with Crippen LogP contribution in [0.3, 0.4) is 0 Å². The Balaban J connectivity index is 4.36. The smallest absolute Gasteiger partial charge is 0.306 e. The Labute approximate surface area is 208 Å². The molecule has 0 amide bonds. The molecule has 0 fully saturated rings. The number of unbranched alkanes of at least 4 members (excludes halogenated alkanes) is 9. The maximum absolute atomic E-state index is 12.4. The normalized spacial score (nSPS) is 12.3. The third-order valence-electron chi connectivity index (χ3n) is 6.30. The molecular formula is C27H53NO6. The van der Waals surface area contributed by atoms with Gasteiger partial charge in [0, 0.05) is 12.8 Å². The van der Waals surface area contributed by atoms with Crippen LogP contribution in [-0.2, 0) is 19.1 Å². The molecule has 7 nitrogen and oxygen atoms in total. The summed E-state index contributed by atoms with van der Waals surface area (Å²) < 4.78 is 10.8. The van der Waals surface area contributed by atoms with Gasteiger partial charge in [0.2, 0.25) is 0 Å². The van der Waals surface area contributed by atoms with Crippen molar-refractivity contribution in [2.75, 3.05) is 32.8 Å². The standard InChI is InChI=1S/C27H53NO6/c1-4-7-8-9-10-11-12-13-14-15-17-24(19-20-27(32)34-25(22-29)23-30)33-26(31)18-16-21-28(5-2)6-3/h24-25,29-30H,4-23H2,1-3H3. The van der Waals surface area contributed by atoms with Crippen molar-refractivity contribution in [2.24, 2.45) is 0 Å². The first-order valence-electron chi connectivity index (χ1n) is 13.8. The minimum atomic E-state index is -0.893. The summed E-state index contributed by atoms with van der Waals surface area (Å²) in [4.78, 5) is 26.7. The van der Waals surface area contributed by atoms with E-state index >= 15 is 0 Å². The molecule has 0 aliphatic rings. The summed E-state index contributed by atoms with van der Waals surface area (Å²) in [5.41, 5.74) is 0. The van der Waals surface area contributed by atoms with Gasteiger partial charge in [-0.25, -0.2) is 0 Å². The lowest BCUT2D eigenvalue weighted by molar-refractivity contribution is -0.157. The predicted octanol–water partition coefficient (Wildman–Crippen LogP) is 5.01. The van der Waals surface area contributed by atoms with Crippen LogP contribution in [0.1, 0.15) is 117 Å². The van der Waals surface area contributed by atoms with Crippen molar-refractivity contribution in [2.45, 2.75) is 129 Å². The molecule has 0 aromatic rings. The van der Waals surface area contributed by atoms with Gasteiger partial charge in [-0.2, -0.15) is 0 Å². The molecule has 1 atom stereocenters. The second-order valence-corrected chi connectivity index (χ2v) is 9.23. The van der Waals surface area contributed by atoms with Crippen molar-refractivity contribution in [3.05, 3.63) is 0 Å². The number of hydrogen-bond acceptors (Lipinski definition) is 7. The van der Waals surface area contributed by atoms with Crippen LogP contribution < -0.4 is 0 Å². The molecule has 0 radical (unpaired) electrons. The van der Waals surface area contributed by atoms with E-state index in [1.807, 2.05) is 0 Å². The fraction of sp³-hybridized carbons (Fsp3) is 0.926. The van der Waals surface area contributed by atoms with Crippen LogP contribution in [0.25, 0.3) is 0 Å². The quantitative estimate of drug-likeness (QED) is 0.146. The van der Waals surface area contributed by atoms with E-state index in [2.05, 4.69) is 25.7 Å². The number of carbonyl (C=O) groups is 2. The van der Waals surface area contributed by atoms with E-state index < -0.39 is 25.3 Å². The predicted molar refractivity (Wildman–Crippen MR) is 137 cm³/mol. The second-order valence-electron chi connectivity index (χ2n) is 9.23. The van der Waals surface area contributed by atoms with Gasteiger partial charge in [0.05, 0.1) is 13.2 Å². The molecule has 34 heavy (non-hydrogen) atoms. The van der Waals surface area contributed by atoms with Crippen molar-refractivity contribution in [3.63, 3.8) is 0 Å². The van der Waals surface area contributed by atoms with Crippen LogP contribution in [0, 0.1) is 0 Å². The monoisotopic (exact) mass is 487 g/mol. The molecule has 0 rings (SSSR count). The third-order valence-corrected chi connectivity index (χ3v) is 6.30. The molecule has 0 aliphatic carbocycles. The first kappa shape index (κ1) is 32.8. The molecule has 7 heteroatoms. The minimum Gasteiger partial charge on any atom is -0.462 e. The molecule has 2 N–H and O–H groups in total. The summed E-state index contributed by atoms with van der Waals surface area (Å²) in [6, 6.07) is 0. The molecule has 0 saturated carbocycles. The van der Waals surface area contributed by atoms with Crippen molar-refractivity contribution in [3.8, 4) is 0 Å². The Hall–Kier alpha value is -1.18. The van der Waals surface area contributed by atoms with E-state index in [0.29, 0.717) is 12.8 Å². The first-order valence-corrected chi connectivity index (χ1v) is 13.8. The zero-order valence-electron chi connectivity index (χ0n) is 22.3. The Kier molecular flexibility index (Phi) is 22.7. The maximum Gasteiger partial charge on any atom is 0.306 e. The largest absolute Gasteiger partial charge is 0.462 e. The van der Waals surface area contributed by atoms with Crippen molar-refractivity contribution >= 4 is 11.9 Å². The van der Waals surface area contributed by atoms with Gasteiger partial charge < -0.3 is 24.6 Å². The summed E-state index contributed by atoms with van der Waals surface area (Å²) in [6.07, 6.45) is 13.6. The molecule has 0 saturated heterocycles. The molecule has 0 spiro atoms. The molecule has 0 bridgehead atoms. The SMILES string of the molecule is CCCCCCCCCCCCC(CCC(=O)OC(CO)CO)OC(=O)CCCN(CC)CC. The van der Waals surface area contributed by atoms with E-state index in [-0.39, 0.29) is 18.5 Å². The van der Waals surface area contributed by atoms with Crippen molar-refractivity contribution in [1.29, 1.82) is 0 Å². The Bertz CT molecular complexity index is 480. The topological polar surface area (TPSA) is 96.3 Å². The maximum atomic E-state index is 12.4. The molecule has 202 valence electrons. The Morgan fingerprint density at radius 2 is 1.15 bits per heavy atom. The van der Waals surface area contributed by atoms with Crippen molar-refractivity contribution in [1.82, 2.24) is 4.90 Å². The van der Waals surface area contributed by atoms with Gasteiger partial charge in [-0.1, -0.05) is 78.6 Å². The fourth-order valence-corrected chi connectivity index (χ4v) is 4.01. The lowest BCUT2D eigenvalue weighted by atomic mass is 10.0. The number of hydrogen-bond donors (Lipinski definition) is 2. The third kappa shape index (κ3) is 19.2. The van der Waals surface area contributed by atoms with E-state index in [0.717, 1.165) is 45.3 Å². The summed E-state index contributed by atoms with van der Waals surface area (Å²) >= 11 is 0. The van der Waals surface area contributed by atoms with E-state index in [4.69, 9.17) is 19.7 Å². The van der Waals surface area contributed by atoms with E-state index in [1.165, 1.54) is 51.4 Å². The Morgan fingerprint density at radius 1 is 0.647 bits per heavy atom. The van der Waals surface area contributed by atoms with Gasteiger partial charge in [-0.15, -0.1) is 0 Å². The molecule has 0 aliphatic heterocycles. The molecule has 0 heterocycles. The highest BCUT2D eigenvalue weighted by molar-refractivity contribution is 5.70. The average molecular weight is 488 g/mol. The number of aliphatic hydroxyl groups is 2. The number of ether oxygens (including phenoxy) is 2. The lowest BCUT2D eigenvalue weighted by Gasteiger charge is -2.20. The molecular weight excluding hydrogens is 434 g/mol. The highest BCUT2D eigenvalue weighted by atomic mass is 16.6. The zero-order valence-corrected chi connectivity index (χ0v) is 22.3. The number of rotatable bonds is 24. The zero-order chi connectivity index (χ0) is 25.4. The van der Waals surface area contributed by atoms with Gasteiger partial charge in [0.1, 0.15) is 12.2 Å². The van der Waals surface area contributed by atoms with Gasteiger partial charge in [0.15, 0.2) is 0 Å². The Morgan fingerprint density at radius 3 is 1.68 bits per heavy atom. The van der Waals surface area contributed by atoms with Gasteiger partial charge in [0.25, 0.3) is 0 Å². The lowest BCUT2D eigenvalue weighted by Crippen LogP contribution is -2.27. The van der Waals surface area contributed by atoms with Crippen LogP contribution in [-0.4, -0.2) is 72.1 Å². The fourth-order valence-electron chi connectivity index (χ4n) is 4.01. The number of carbonyl (C=O) groups excluding carboxylic acids is 2.